The first-order valence-electron chi connectivity index (χ1n) is 22.8. The molecule has 2 bridgehead atoms. The lowest BCUT2D eigenvalue weighted by atomic mass is 9.62. The van der Waals surface area contributed by atoms with Gasteiger partial charge in [0.25, 0.3) is 0 Å². The third-order valence-corrected chi connectivity index (χ3v) is 12.8. The van der Waals surface area contributed by atoms with Crippen molar-refractivity contribution in [1.29, 1.82) is 0 Å². The zero-order valence-electron chi connectivity index (χ0n) is 38.2. The SMILES string of the molecule is CN(C(=O)C12CC3OC(=O)C1N(Cc1ccc(C=COCCO)cc1)OC2C1OC(c2ccccc2)(c2ccccc2)OC31)C(Cc1ccccc1)C(=O)NC(CO)CCC(=O)OC(C)(C)C. The molecule has 67 heavy (non-hydrogen) atoms. The fraction of sp³-hybridized carbons (Fsp3) is 0.423. The molecular formula is C52H59N3O12. The lowest BCUT2D eigenvalue weighted by Crippen LogP contribution is -2.70. The molecular weight excluding hydrogens is 859 g/mol. The number of hydroxylamine groups is 2. The molecule has 4 aromatic rings. The van der Waals surface area contributed by atoms with Crippen LogP contribution >= 0.6 is 0 Å². The maximum absolute atomic E-state index is 15.9. The number of carbonyl (C=O) groups excluding carboxylic acids is 4. The molecule has 4 aromatic carbocycles. The van der Waals surface area contributed by atoms with Gasteiger partial charge < -0.3 is 44.1 Å². The predicted molar refractivity (Wildman–Crippen MR) is 244 cm³/mol. The van der Waals surface area contributed by atoms with Crippen molar-refractivity contribution in [3.63, 3.8) is 0 Å². The maximum atomic E-state index is 15.9. The van der Waals surface area contributed by atoms with E-state index in [2.05, 4.69) is 5.32 Å². The van der Waals surface area contributed by atoms with Crippen LogP contribution < -0.4 is 5.32 Å². The van der Waals surface area contributed by atoms with Gasteiger partial charge in [0, 0.05) is 37.4 Å². The molecule has 354 valence electrons. The minimum Gasteiger partial charge on any atom is -0.499 e. The van der Waals surface area contributed by atoms with E-state index in [1.54, 1.807) is 33.9 Å². The van der Waals surface area contributed by atoms with Crippen molar-refractivity contribution in [3.8, 4) is 0 Å². The van der Waals surface area contributed by atoms with Crippen molar-refractivity contribution in [2.45, 2.75) is 107 Å². The molecule has 3 N–H and O–H groups in total. The van der Waals surface area contributed by atoms with Crippen LogP contribution in [-0.2, 0) is 66.5 Å². The van der Waals surface area contributed by atoms with E-state index in [4.69, 9.17) is 33.6 Å². The molecule has 0 spiro atoms. The van der Waals surface area contributed by atoms with Crippen LogP contribution in [0, 0.1) is 5.41 Å². The van der Waals surface area contributed by atoms with E-state index >= 15 is 4.79 Å². The van der Waals surface area contributed by atoms with Gasteiger partial charge in [0.1, 0.15) is 48.1 Å². The molecule has 3 saturated heterocycles. The number of esters is 2. The van der Waals surface area contributed by atoms with E-state index in [-0.39, 0.29) is 45.4 Å². The number of hydrogen-bond donors (Lipinski definition) is 3. The summed E-state index contributed by atoms with van der Waals surface area (Å²) in [4.78, 5) is 66.2. The number of amides is 2. The van der Waals surface area contributed by atoms with Gasteiger partial charge in [-0.2, -0.15) is 5.06 Å². The minimum atomic E-state index is -1.64. The Bertz CT molecular complexity index is 2340. The van der Waals surface area contributed by atoms with Gasteiger partial charge >= 0.3 is 11.9 Å². The average molecular weight is 918 g/mol. The second-order valence-corrected chi connectivity index (χ2v) is 18.5. The monoisotopic (exact) mass is 917 g/mol. The number of ether oxygens (including phenoxy) is 5. The Morgan fingerprint density at radius 3 is 2.12 bits per heavy atom. The molecule has 8 unspecified atom stereocenters. The number of nitrogens with zero attached hydrogens (tertiary/aromatic N) is 2. The second-order valence-electron chi connectivity index (χ2n) is 18.5. The second kappa shape index (κ2) is 20.1. The zero-order valence-corrected chi connectivity index (χ0v) is 38.2. The summed E-state index contributed by atoms with van der Waals surface area (Å²) in [7, 11) is 1.55. The molecule has 1 aliphatic carbocycles. The smallest absolute Gasteiger partial charge is 0.327 e. The number of aliphatic hydroxyl groups excluding tert-OH is 2. The van der Waals surface area contributed by atoms with E-state index in [9.17, 15) is 19.5 Å². The Hall–Kier alpha value is -5.94. The standard InChI is InChI=1S/C52H59N3O12/c1-50(2,3)64-42(58)25-24-39(33-57)53-47(59)40(30-35-14-8-5-9-15-35)54(4)49(61)51-31-41-43-44(66-52(65-43,37-16-10-6-11-17-37)38-18-12-7-13-19-38)46(51)67-55(45(51)48(60)63-41)32-36-22-20-34(21-23-36)26-28-62-29-27-56/h5-23,26,28,39-41,43-46,56-57H,24-25,27,29-33H2,1-4H3,(H,53,59). The van der Waals surface area contributed by atoms with Gasteiger partial charge in [0.05, 0.1) is 32.1 Å². The zero-order chi connectivity index (χ0) is 47.3. The van der Waals surface area contributed by atoms with Crippen LogP contribution in [0.2, 0.25) is 0 Å². The fourth-order valence-electron chi connectivity index (χ4n) is 9.73. The van der Waals surface area contributed by atoms with Gasteiger partial charge in [0.2, 0.25) is 17.6 Å². The number of hydrogen-bond acceptors (Lipinski definition) is 13. The molecule has 4 aliphatic rings. The molecule has 8 rings (SSSR count). The number of benzene rings is 4. The van der Waals surface area contributed by atoms with Gasteiger partial charge in [-0.3, -0.25) is 24.0 Å². The number of fused-ring (bicyclic) bond motifs is 4. The first-order valence-corrected chi connectivity index (χ1v) is 22.8. The highest BCUT2D eigenvalue weighted by Gasteiger charge is 2.77. The van der Waals surface area contributed by atoms with Crippen molar-refractivity contribution in [1.82, 2.24) is 15.3 Å². The van der Waals surface area contributed by atoms with Crippen molar-refractivity contribution >= 4 is 29.8 Å². The Morgan fingerprint density at radius 1 is 0.881 bits per heavy atom. The summed E-state index contributed by atoms with van der Waals surface area (Å²) in [6.07, 6.45) is -0.445. The summed E-state index contributed by atoms with van der Waals surface area (Å²) in [5, 5.41) is 23.9. The summed E-state index contributed by atoms with van der Waals surface area (Å²) >= 11 is 0. The number of likely N-dealkylation sites (N-methyl/N-ethyl adjacent to an activating group) is 1. The van der Waals surface area contributed by atoms with Crippen LogP contribution in [0.25, 0.3) is 6.08 Å². The van der Waals surface area contributed by atoms with E-state index in [1.807, 2.05) is 115 Å². The van der Waals surface area contributed by atoms with Crippen LogP contribution in [0.3, 0.4) is 0 Å². The molecule has 2 amide bonds. The summed E-state index contributed by atoms with van der Waals surface area (Å²) in [6.45, 7) is 4.96. The normalized spacial score (nSPS) is 24.9. The number of rotatable bonds is 18. The third-order valence-electron chi connectivity index (χ3n) is 12.8. The van der Waals surface area contributed by atoms with Crippen molar-refractivity contribution < 1.29 is 57.9 Å². The van der Waals surface area contributed by atoms with Gasteiger partial charge in [-0.1, -0.05) is 115 Å². The Labute approximate surface area is 390 Å². The Morgan fingerprint density at radius 2 is 1.51 bits per heavy atom. The minimum absolute atomic E-state index is 0.00430. The van der Waals surface area contributed by atoms with Crippen LogP contribution in [0.15, 0.2) is 122 Å². The summed E-state index contributed by atoms with van der Waals surface area (Å²) in [6, 6.07) is 32.5. The third kappa shape index (κ3) is 9.89. The van der Waals surface area contributed by atoms with Crippen LogP contribution in [0.5, 0.6) is 0 Å². The van der Waals surface area contributed by atoms with Gasteiger partial charge in [-0.05, 0) is 50.0 Å². The largest absolute Gasteiger partial charge is 0.499 e. The Balaban J connectivity index is 1.16. The quantitative estimate of drug-likeness (QED) is 0.0703. The highest BCUT2D eigenvalue weighted by molar-refractivity contribution is 5.96. The molecule has 0 aromatic heterocycles. The highest BCUT2D eigenvalue weighted by atomic mass is 16.8. The van der Waals surface area contributed by atoms with E-state index in [0.29, 0.717) is 11.1 Å². The maximum Gasteiger partial charge on any atom is 0.327 e. The number of aliphatic hydroxyl groups is 2. The van der Waals surface area contributed by atoms with Crippen LogP contribution in [0.1, 0.15) is 67.9 Å². The molecule has 15 nitrogen and oxygen atoms in total. The number of carbonyl (C=O) groups is 4. The van der Waals surface area contributed by atoms with Crippen molar-refractivity contribution in [2.75, 3.05) is 26.9 Å². The van der Waals surface area contributed by atoms with E-state index in [1.165, 1.54) is 16.2 Å². The molecule has 1 saturated carbocycles. The lowest BCUT2D eigenvalue weighted by Gasteiger charge is -2.50. The molecule has 4 fully saturated rings. The topological polar surface area (TPSA) is 183 Å². The van der Waals surface area contributed by atoms with Crippen molar-refractivity contribution in [3.05, 3.63) is 149 Å². The Kier molecular flexibility index (Phi) is 14.3. The first kappa shape index (κ1) is 47.5. The van der Waals surface area contributed by atoms with E-state index < -0.39 is 89.7 Å². The summed E-state index contributed by atoms with van der Waals surface area (Å²) in [5.74, 6) is -3.70. The first-order chi connectivity index (χ1) is 32.3. The van der Waals surface area contributed by atoms with E-state index in [0.717, 1.165) is 16.7 Å². The summed E-state index contributed by atoms with van der Waals surface area (Å²) in [5.41, 5.74) is 1.41. The fourth-order valence-corrected chi connectivity index (χ4v) is 9.73. The molecule has 15 heteroatoms. The molecule has 3 aliphatic heterocycles. The van der Waals surface area contributed by atoms with Gasteiger partial charge in [0.15, 0.2) is 6.04 Å². The highest BCUT2D eigenvalue weighted by Crippen LogP contribution is 2.59. The molecule has 8 atom stereocenters. The van der Waals surface area contributed by atoms with Crippen LogP contribution in [-0.4, -0.2) is 119 Å². The summed E-state index contributed by atoms with van der Waals surface area (Å²) < 4.78 is 31.3. The average Bonchev–Trinajstić information content (AvgIpc) is 3.91. The van der Waals surface area contributed by atoms with Gasteiger partial charge in [-0.15, -0.1) is 0 Å². The van der Waals surface area contributed by atoms with Gasteiger partial charge in [-0.25, -0.2) is 0 Å². The van der Waals surface area contributed by atoms with Crippen LogP contribution in [0.4, 0.5) is 0 Å². The molecule has 0 radical (unpaired) electrons. The predicted octanol–water partition coefficient (Wildman–Crippen LogP) is 4.82. The molecule has 3 heterocycles. The lowest BCUT2D eigenvalue weighted by molar-refractivity contribution is -0.214. The number of nitrogens with one attached hydrogen (secondary N) is 1. The van der Waals surface area contributed by atoms with Crippen molar-refractivity contribution in [2.24, 2.45) is 5.41 Å².